The van der Waals surface area contributed by atoms with Crippen molar-refractivity contribution in [2.75, 3.05) is 20.3 Å². The maximum Gasteiger partial charge on any atom is 0.0736 e. The Bertz CT molecular complexity index is 396. The summed E-state index contributed by atoms with van der Waals surface area (Å²) in [7, 11) is 1.77. The monoisotopic (exact) mass is 249 g/mol. The molecule has 1 atom stereocenters. The fourth-order valence-corrected chi connectivity index (χ4v) is 3.33. The smallest absolute Gasteiger partial charge is 0.0736 e. The number of rotatable bonds is 4. The van der Waals surface area contributed by atoms with Crippen LogP contribution in [-0.2, 0) is 17.8 Å². The van der Waals surface area contributed by atoms with Crippen LogP contribution in [-0.4, -0.2) is 30.0 Å². The first-order chi connectivity index (χ1) is 8.86. The van der Waals surface area contributed by atoms with Crippen LogP contribution < -0.4 is 5.32 Å². The molecule has 1 aromatic heterocycles. The van der Waals surface area contributed by atoms with Gasteiger partial charge < -0.3 is 10.1 Å². The number of nitrogens with one attached hydrogen (secondary N) is 1. The summed E-state index contributed by atoms with van der Waals surface area (Å²) in [6.07, 6.45) is 7.80. The Balaban J connectivity index is 1.73. The fourth-order valence-electron chi connectivity index (χ4n) is 3.33. The minimum atomic E-state index is 0.420. The van der Waals surface area contributed by atoms with Crippen LogP contribution in [0, 0.1) is 5.92 Å². The highest BCUT2D eigenvalue weighted by Gasteiger charge is 2.24. The molecule has 2 aliphatic rings. The number of methoxy groups -OCH3 is 1. The van der Waals surface area contributed by atoms with Crippen LogP contribution >= 0.6 is 0 Å². The molecule has 1 aliphatic carbocycles. The number of hydrogen-bond acceptors (Lipinski definition) is 3. The number of nitrogens with zero attached hydrogens (tertiary/aromatic N) is 2. The maximum absolute atomic E-state index is 5.29. The molecule has 1 N–H and O–H groups in total. The van der Waals surface area contributed by atoms with E-state index >= 15 is 0 Å². The third-order valence-electron chi connectivity index (χ3n) is 4.25. The van der Waals surface area contributed by atoms with Crippen LogP contribution in [0.15, 0.2) is 6.20 Å². The van der Waals surface area contributed by atoms with Crippen LogP contribution in [0.25, 0.3) is 0 Å². The molecule has 0 spiro atoms. The molecule has 1 saturated carbocycles. The lowest BCUT2D eigenvalue weighted by Crippen LogP contribution is -2.30. The normalized spacial score (nSPS) is 24.4. The minimum absolute atomic E-state index is 0.420. The van der Waals surface area contributed by atoms with E-state index in [1.54, 1.807) is 7.11 Å². The molecule has 100 valence electrons. The van der Waals surface area contributed by atoms with Gasteiger partial charge in [-0.1, -0.05) is 12.8 Å². The van der Waals surface area contributed by atoms with Gasteiger partial charge in [0.05, 0.1) is 12.3 Å². The Kier molecular flexibility index (Phi) is 3.66. The highest BCUT2D eigenvalue weighted by atomic mass is 16.5. The summed E-state index contributed by atoms with van der Waals surface area (Å²) >= 11 is 0. The average molecular weight is 249 g/mol. The molecule has 4 heteroatoms. The Morgan fingerprint density at radius 2 is 2.28 bits per heavy atom. The molecule has 0 saturated heterocycles. The van der Waals surface area contributed by atoms with Crippen molar-refractivity contribution in [3.63, 3.8) is 0 Å². The van der Waals surface area contributed by atoms with Crippen molar-refractivity contribution < 1.29 is 4.74 Å². The van der Waals surface area contributed by atoms with Crippen molar-refractivity contribution in [2.45, 2.75) is 44.7 Å². The number of fused-ring (bicyclic) bond motifs is 1. The molecule has 4 nitrogen and oxygen atoms in total. The zero-order valence-corrected chi connectivity index (χ0v) is 11.2. The molecule has 0 radical (unpaired) electrons. The Labute approximate surface area is 109 Å². The summed E-state index contributed by atoms with van der Waals surface area (Å²) in [4.78, 5) is 0. The van der Waals surface area contributed by atoms with E-state index in [1.165, 1.54) is 36.9 Å². The van der Waals surface area contributed by atoms with Gasteiger partial charge in [-0.3, -0.25) is 4.68 Å². The van der Waals surface area contributed by atoms with E-state index < -0.39 is 0 Å². The van der Waals surface area contributed by atoms with E-state index in [4.69, 9.17) is 9.84 Å². The van der Waals surface area contributed by atoms with Crippen molar-refractivity contribution in [2.24, 2.45) is 5.92 Å². The van der Waals surface area contributed by atoms with Crippen LogP contribution in [0.4, 0.5) is 0 Å². The average Bonchev–Trinajstić information content (AvgIpc) is 2.99. The van der Waals surface area contributed by atoms with Crippen molar-refractivity contribution in [1.29, 1.82) is 0 Å². The SMILES string of the molecule is COC[C@H]1CNCc2cn(CC3CCCC3)nc21. The lowest BCUT2D eigenvalue weighted by molar-refractivity contribution is 0.173. The van der Waals surface area contributed by atoms with Gasteiger partial charge in [-0.15, -0.1) is 0 Å². The van der Waals surface area contributed by atoms with Gasteiger partial charge in [-0.05, 0) is 18.8 Å². The first-order valence-electron chi connectivity index (χ1n) is 7.12. The molecule has 0 aromatic carbocycles. The van der Waals surface area contributed by atoms with Gasteiger partial charge in [0.2, 0.25) is 0 Å². The minimum Gasteiger partial charge on any atom is -0.384 e. The van der Waals surface area contributed by atoms with Gasteiger partial charge in [0.1, 0.15) is 0 Å². The van der Waals surface area contributed by atoms with Crippen LogP contribution in [0.2, 0.25) is 0 Å². The predicted molar refractivity (Wildman–Crippen MR) is 70.5 cm³/mol. The summed E-state index contributed by atoms with van der Waals surface area (Å²) in [5, 5.41) is 8.26. The summed E-state index contributed by atoms with van der Waals surface area (Å²) in [6.45, 7) is 3.81. The highest BCUT2D eigenvalue weighted by molar-refractivity contribution is 5.24. The second-order valence-corrected chi connectivity index (χ2v) is 5.70. The summed E-state index contributed by atoms with van der Waals surface area (Å²) in [5.41, 5.74) is 2.62. The summed E-state index contributed by atoms with van der Waals surface area (Å²) < 4.78 is 7.47. The third kappa shape index (κ3) is 2.45. The van der Waals surface area contributed by atoms with Crippen molar-refractivity contribution in [3.05, 3.63) is 17.5 Å². The van der Waals surface area contributed by atoms with Crippen molar-refractivity contribution in [1.82, 2.24) is 15.1 Å². The standard InChI is InChI=1S/C14H23N3O/c1-18-10-13-7-15-6-12-9-17(16-14(12)13)8-11-4-2-3-5-11/h9,11,13,15H,2-8,10H2,1H3/t13-/m1/s1. The lowest BCUT2D eigenvalue weighted by Gasteiger charge is -2.21. The summed E-state index contributed by atoms with van der Waals surface area (Å²) in [6, 6.07) is 0. The summed E-state index contributed by atoms with van der Waals surface area (Å²) in [5.74, 6) is 1.27. The second-order valence-electron chi connectivity index (χ2n) is 5.70. The molecule has 0 bridgehead atoms. The molecule has 1 fully saturated rings. The number of hydrogen-bond donors (Lipinski definition) is 1. The van der Waals surface area contributed by atoms with E-state index in [1.807, 2.05) is 0 Å². The Morgan fingerprint density at radius 3 is 3.06 bits per heavy atom. The Hall–Kier alpha value is -0.870. The van der Waals surface area contributed by atoms with E-state index in [0.717, 1.165) is 32.2 Å². The van der Waals surface area contributed by atoms with E-state index in [9.17, 15) is 0 Å². The quantitative estimate of drug-likeness (QED) is 0.886. The van der Waals surface area contributed by atoms with Gasteiger partial charge in [0.25, 0.3) is 0 Å². The highest BCUT2D eigenvalue weighted by Crippen LogP contribution is 2.28. The largest absolute Gasteiger partial charge is 0.384 e. The molecule has 18 heavy (non-hydrogen) atoms. The van der Waals surface area contributed by atoms with Crippen LogP contribution in [0.5, 0.6) is 0 Å². The first-order valence-corrected chi connectivity index (χ1v) is 7.12. The van der Waals surface area contributed by atoms with Gasteiger partial charge in [0.15, 0.2) is 0 Å². The third-order valence-corrected chi connectivity index (χ3v) is 4.25. The second kappa shape index (κ2) is 5.41. The van der Waals surface area contributed by atoms with Gasteiger partial charge >= 0.3 is 0 Å². The van der Waals surface area contributed by atoms with E-state index in [-0.39, 0.29) is 0 Å². The zero-order valence-electron chi connectivity index (χ0n) is 11.2. The first kappa shape index (κ1) is 12.2. The lowest BCUT2D eigenvalue weighted by atomic mass is 9.99. The van der Waals surface area contributed by atoms with Crippen molar-refractivity contribution in [3.8, 4) is 0 Å². The molecule has 1 aliphatic heterocycles. The number of ether oxygens (including phenoxy) is 1. The zero-order chi connectivity index (χ0) is 12.4. The molecular formula is C14H23N3O. The van der Waals surface area contributed by atoms with E-state index in [0.29, 0.717) is 5.92 Å². The van der Waals surface area contributed by atoms with Gasteiger partial charge in [-0.2, -0.15) is 5.10 Å². The molecule has 0 amide bonds. The Morgan fingerprint density at radius 1 is 1.44 bits per heavy atom. The molecule has 2 heterocycles. The van der Waals surface area contributed by atoms with Gasteiger partial charge in [-0.25, -0.2) is 0 Å². The van der Waals surface area contributed by atoms with Crippen LogP contribution in [0.1, 0.15) is 42.9 Å². The van der Waals surface area contributed by atoms with Gasteiger partial charge in [0, 0.05) is 44.4 Å². The van der Waals surface area contributed by atoms with Crippen molar-refractivity contribution >= 4 is 0 Å². The molecule has 3 rings (SSSR count). The molecule has 0 unspecified atom stereocenters. The van der Waals surface area contributed by atoms with E-state index in [2.05, 4.69) is 16.2 Å². The topological polar surface area (TPSA) is 39.1 Å². The van der Waals surface area contributed by atoms with Crippen LogP contribution in [0.3, 0.4) is 0 Å². The molecular weight excluding hydrogens is 226 g/mol. The number of aromatic nitrogens is 2. The molecule has 1 aromatic rings. The predicted octanol–water partition coefficient (Wildman–Crippen LogP) is 1.91. The fraction of sp³-hybridized carbons (Fsp3) is 0.786. The maximum atomic E-state index is 5.29.